The maximum Gasteiger partial charge on any atom is 0.229 e. The van der Waals surface area contributed by atoms with Gasteiger partial charge in [0, 0.05) is 6.20 Å². The van der Waals surface area contributed by atoms with Crippen molar-refractivity contribution in [2.75, 3.05) is 12.4 Å². The van der Waals surface area contributed by atoms with Gasteiger partial charge in [0.2, 0.25) is 5.91 Å². The lowest BCUT2D eigenvalue weighted by Gasteiger charge is -2.07. The average molecular weight is 256 g/mol. The van der Waals surface area contributed by atoms with Gasteiger partial charge in [0.25, 0.3) is 0 Å². The fourth-order valence-corrected chi connectivity index (χ4v) is 1.76. The van der Waals surface area contributed by atoms with Gasteiger partial charge in [0.15, 0.2) is 0 Å². The summed E-state index contributed by atoms with van der Waals surface area (Å²) in [7, 11) is 1.61. The number of ether oxygens (including phenoxy) is 1. The van der Waals surface area contributed by atoms with Crippen molar-refractivity contribution in [2.24, 2.45) is 0 Å². The number of carbonyl (C=O) groups excluding carboxylic acids is 1. The first-order chi connectivity index (χ1) is 9.19. The molecule has 19 heavy (non-hydrogen) atoms. The van der Waals surface area contributed by atoms with E-state index in [1.54, 1.807) is 13.3 Å². The molecule has 1 aromatic carbocycles. The van der Waals surface area contributed by atoms with Crippen molar-refractivity contribution < 1.29 is 9.53 Å². The fraction of sp³-hybridized carbons (Fsp3) is 0.200. The number of methoxy groups -OCH3 is 1. The Kier molecular flexibility index (Phi) is 4.13. The van der Waals surface area contributed by atoms with Crippen molar-refractivity contribution in [3.63, 3.8) is 0 Å². The number of benzene rings is 1. The highest BCUT2D eigenvalue weighted by molar-refractivity contribution is 5.92. The van der Waals surface area contributed by atoms with Crippen LogP contribution in [0.2, 0.25) is 0 Å². The van der Waals surface area contributed by atoms with Gasteiger partial charge in [0.1, 0.15) is 11.6 Å². The number of carbonyl (C=O) groups is 1. The number of aryl methyl sites for hydroxylation is 1. The number of amides is 1. The predicted molar refractivity (Wildman–Crippen MR) is 74.3 cm³/mol. The second-order valence-corrected chi connectivity index (χ2v) is 4.25. The van der Waals surface area contributed by atoms with E-state index in [9.17, 15) is 4.79 Å². The maximum atomic E-state index is 11.9. The van der Waals surface area contributed by atoms with Crippen LogP contribution in [0.4, 0.5) is 5.82 Å². The van der Waals surface area contributed by atoms with Gasteiger partial charge in [-0.05, 0) is 36.2 Å². The van der Waals surface area contributed by atoms with Crippen LogP contribution >= 0.6 is 0 Å². The molecule has 4 heteroatoms. The molecule has 0 unspecified atom stereocenters. The third-order valence-corrected chi connectivity index (χ3v) is 2.77. The Bertz CT molecular complexity index is 582. The van der Waals surface area contributed by atoms with Crippen molar-refractivity contribution in [3.8, 4) is 5.75 Å². The second kappa shape index (κ2) is 6.00. The molecule has 2 rings (SSSR count). The summed E-state index contributed by atoms with van der Waals surface area (Å²) in [6.07, 6.45) is 1.96. The zero-order valence-corrected chi connectivity index (χ0v) is 11.0. The monoisotopic (exact) mass is 256 g/mol. The molecular formula is C15H16N2O2. The molecule has 0 aliphatic rings. The molecule has 1 aromatic heterocycles. The minimum Gasteiger partial charge on any atom is -0.497 e. The highest BCUT2D eigenvalue weighted by Crippen LogP contribution is 2.14. The van der Waals surface area contributed by atoms with Crippen LogP contribution in [0, 0.1) is 6.92 Å². The van der Waals surface area contributed by atoms with Gasteiger partial charge < -0.3 is 10.1 Å². The Labute approximate surface area is 112 Å². The van der Waals surface area contributed by atoms with Crippen molar-refractivity contribution >= 4 is 11.7 Å². The minimum absolute atomic E-state index is 0.0879. The van der Waals surface area contributed by atoms with Crippen LogP contribution in [0.1, 0.15) is 11.1 Å². The number of aromatic nitrogens is 1. The van der Waals surface area contributed by atoms with Crippen LogP contribution in [-0.2, 0) is 11.2 Å². The quantitative estimate of drug-likeness (QED) is 0.914. The number of pyridine rings is 1. The largest absolute Gasteiger partial charge is 0.497 e. The van der Waals surface area contributed by atoms with Crippen molar-refractivity contribution in [2.45, 2.75) is 13.3 Å². The molecule has 0 aliphatic heterocycles. The van der Waals surface area contributed by atoms with Crippen LogP contribution in [0.25, 0.3) is 0 Å². The molecule has 0 aliphatic carbocycles. The van der Waals surface area contributed by atoms with E-state index in [4.69, 9.17) is 4.74 Å². The molecule has 0 saturated heterocycles. The standard InChI is InChI=1S/C15H16N2O2/c1-11-5-4-8-16-15(11)17-14(18)10-12-6-3-7-13(9-12)19-2/h3-9H,10H2,1-2H3,(H,16,17,18). The number of anilines is 1. The smallest absolute Gasteiger partial charge is 0.229 e. The predicted octanol–water partition coefficient (Wildman–Crippen LogP) is 2.58. The lowest BCUT2D eigenvalue weighted by atomic mass is 10.1. The number of nitrogens with one attached hydrogen (secondary N) is 1. The van der Waals surface area contributed by atoms with Crippen LogP contribution in [-0.4, -0.2) is 18.0 Å². The third-order valence-electron chi connectivity index (χ3n) is 2.77. The topological polar surface area (TPSA) is 51.2 Å². The SMILES string of the molecule is COc1cccc(CC(=O)Nc2ncccc2C)c1. The zero-order chi connectivity index (χ0) is 13.7. The highest BCUT2D eigenvalue weighted by Gasteiger charge is 2.07. The molecule has 0 radical (unpaired) electrons. The van der Waals surface area contributed by atoms with E-state index in [1.165, 1.54) is 0 Å². The van der Waals surface area contributed by atoms with E-state index in [1.807, 2.05) is 43.3 Å². The summed E-state index contributed by atoms with van der Waals surface area (Å²) in [6.45, 7) is 1.91. The van der Waals surface area contributed by atoms with E-state index < -0.39 is 0 Å². The zero-order valence-electron chi connectivity index (χ0n) is 11.0. The summed E-state index contributed by atoms with van der Waals surface area (Å²) >= 11 is 0. The maximum absolute atomic E-state index is 11.9. The first-order valence-corrected chi connectivity index (χ1v) is 6.03. The van der Waals surface area contributed by atoms with Gasteiger partial charge >= 0.3 is 0 Å². The molecule has 2 aromatic rings. The van der Waals surface area contributed by atoms with Gasteiger partial charge in [0.05, 0.1) is 13.5 Å². The number of hydrogen-bond donors (Lipinski definition) is 1. The Balaban J connectivity index is 2.03. The Hall–Kier alpha value is -2.36. The molecular weight excluding hydrogens is 240 g/mol. The lowest BCUT2D eigenvalue weighted by molar-refractivity contribution is -0.115. The van der Waals surface area contributed by atoms with Gasteiger partial charge in [-0.3, -0.25) is 4.79 Å². The van der Waals surface area contributed by atoms with Crippen molar-refractivity contribution in [1.29, 1.82) is 0 Å². The minimum atomic E-state index is -0.0879. The first kappa shape index (κ1) is 13.1. The molecule has 1 heterocycles. The van der Waals surface area contributed by atoms with Gasteiger partial charge in [-0.15, -0.1) is 0 Å². The number of hydrogen-bond acceptors (Lipinski definition) is 3. The fourth-order valence-electron chi connectivity index (χ4n) is 1.76. The lowest BCUT2D eigenvalue weighted by Crippen LogP contribution is -2.16. The summed E-state index contributed by atoms with van der Waals surface area (Å²) < 4.78 is 5.13. The summed E-state index contributed by atoms with van der Waals surface area (Å²) in [5.41, 5.74) is 1.85. The molecule has 0 fully saturated rings. The van der Waals surface area contributed by atoms with E-state index >= 15 is 0 Å². The van der Waals surface area contributed by atoms with E-state index in [-0.39, 0.29) is 5.91 Å². The summed E-state index contributed by atoms with van der Waals surface area (Å²) in [5.74, 6) is 1.27. The van der Waals surface area contributed by atoms with Gasteiger partial charge in [-0.1, -0.05) is 18.2 Å². The van der Waals surface area contributed by atoms with E-state index in [0.717, 1.165) is 16.9 Å². The van der Waals surface area contributed by atoms with Crippen LogP contribution in [0.3, 0.4) is 0 Å². The van der Waals surface area contributed by atoms with Crippen LogP contribution < -0.4 is 10.1 Å². The summed E-state index contributed by atoms with van der Waals surface area (Å²) in [5, 5.41) is 2.81. The molecule has 0 bridgehead atoms. The summed E-state index contributed by atoms with van der Waals surface area (Å²) in [6, 6.07) is 11.2. The van der Waals surface area contributed by atoms with Crippen molar-refractivity contribution in [1.82, 2.24) is 4.98 Å². The second-order valence-electron chi connectivity index (χ2n) is 4.25. The molecule has 1 N–H and O–H groups in total. The first-order valence-electron chi connectivity index (χ1n) is 6.03. The normalized spacial score (nSPS) is 10.0. The third kappa shape index (κ3) is 3.55. The van der Waals surface area contributed by atoms with Crippen molar-refractivity contribution in [3.05, 3.63) is 53.7 Å². The van der Waals surface area contributed by atoms with Crippen LogP contribution in [0.5, 0.6) is 5.75 Å². The van der Waals surface area contributed by atoms with E-state index in [0.29, 0.717) is 12.2 Å². The van der Waals surface area contributed by atoms with Gasteiger partial charge in [-0.25, -0.2) is 4.98 Å². The molecule has 0 atom stereocenters. The summed E-state index contributed by atoms with van der Waals surface area (Å²) in [4.78, 5) is 16.1. The Morgan fingerprint density at radius 2 is 2.16 bits per heavy atom. The Morgan fingerprint density at radius 1 is 1.32 bits per heavy atom. The molecule has 98 valence electrons. The van der Waals surface area contributed by atoms with E-state index in [2.05, 4.69) is 10.3 Å². The number of nitrogens with zero attached hydrogens (tertiary/aromatic N) is 1. The molecule has 1 amide bonds. The highest BCUT2D eigenvalue weighted by atomic mass is 16.5. The molecule has 4 nitrogen and oxygen atoms in total. The molecule has 0 spiro atoms. The average Bonchev–Trinajstić information content (AvgIpc) is 2.41. The molecule has 0 saturated carbocycles. The van der Waals surface area contributed by atoms with Gasteiger partial charge in [-0.2, -0.15) is 0 Å². The Morgan fingerprint density at radius 3 is 2.89 bits per heavy atom. The number of rotatable bonds is 4. The van der Waals surface area contributed by atoms with Crippen LogP contribution in [0.15, 0.2) is 42.6 Å².